The summed E-state index contributed by atoms with van der Waals surface area (Å²) in [6, 6.07) is 0. The van der Waals surface area contributed by atoms with Gasteiger partial charge < -0.3 is 76.9 Å². The Labute approximate surface area is 342 Å². The molecule has 2 aliphatic heterocycles. The third-order valence-corrected chi connectivity index (χ3v) is 17.0. The Balaban J connectivity index is 0.00000726. The zero-order valence-corrected chi connectivity index (χ0v) is 35.4. The van der Waals surface area contributed by atoms with Gasteiger partial charge in [-0.2, -0.15) is 21.6 Å². The first-order valence-electron chi connectivity index (χ1n) is 15.8. The van der Waals surface area contributed by atoms with E-state index in [0.717, 1.165) is 34.4 Å². The van der Waals surface area contributed by atoms with Crippen molar-refractivity contribution in [2.45, 2.75) is 49.1 Å². The Morgan fingerprint density at radius 2 is 0.823 bits per heavy atom. The molecule has 14 atom stereocenters. The van der Waals surface area contributed by atoms with Crippen LogP contribution in [-0.2, 0) is 67.5 Å². The van der Waals surface area contributed by atoms with Crippen LogP contribution in [0.4, 0.5) is 11.6 Å². The lowest BCUT2D eigenvalue weighted by Gasteiger charge is -2.22. The third-order valence-electron chi connectivity index (χ3n) is 7.83. The molecule has 2 fully saturated rings. The number of imidazole rings is 2. The van der Waals surface area contributed by atoms with Crippen LogP contribution in [0, 0.1) is 0 Å². The minimum atomic E-state index is -6.59. The number of phosphoric acid groups is 6. The summed E-state index contributed by atoms with van der Waals surface area (Å²) in [5.74, 6) is -0.117. The van der Waals surface area contributed by atoms with E-state index in [1.807, 2.05) is 0 Å². The maximum Gasteiger partial charge on any atom is 0.490 e. The summed E-state index contributed by atoms with van der Waals surface area (Å²) in [4.78, 5) is 82.2. The van der Waals surface area contributed by atoms with E-state index in [1.165, 1.54) is 0 Å². The molecule has 0 saturated carbocycles. The van der Waals surface area contributed by atoms with Crippen LogP contribution < -0.4 is 17.6 Å². The van der Waals surface area contributed by atoms with Crippen molar-refractivity contribution in [3.05, 3.63) is 25.3 Å². The van der Waals surface area contributed by atoms with Gasteiger partial charge in [-0.15, -0.1) is 0 Å². The number of rotatable bonds is 18. The number of aliphatic hydroxyl groups excluding tert-OH is 4. The number of aromatic nitrogens is 8. The van der Waals surface area contributed by atoms with Crippen molar-refractivity contribution in [3.63, 3.8) is 0 Å². The number of anilines is 2. The van der Waals surface area contributed by atoms with Crippen LogP contribution in [0.25, 0.3) is 22.3 Å². The molecule has 4 aromatic heterocycles. The second-order valence-corrected chi connectivity index (χ2v) is 21.5. The summed E-state index contributed by atoms with van der Waals surface area (Å²) in [6.45, 7) is -2.43. The highest BCUT2D eigenvalue weighted by molar-refractivity contribution is 7.72. The van der Waals surface area contributed by atoms with Gasteiger partial charge in [-0.25, -0.2) is 57.3 Å². The van der Waals surface area contributed by atoms with Gasteiger partial charge in [-0.1, -0.05) is 0 Å². The van der Waals surface area contributed by atoms with Crippen molar-refractivity contribution in [2.75, 3.05) is 24.7 Å². The van der Waals surface area contributed by atoms with Crippen molar-refractivity contribution in [2.24, 2.45) is 0 Å². The summed E-state index contributed by atoms with van der Waals surface area (Å²) in [7, 11) is -37.9. The van der Waals surface area contributed by atoms with Crippen molar-refractivity contribution < 1.29 is 117 Å². The van der Waals surface area contributed by atoms with E-state index in [2.05, 4.69) is 60.5 Å². The standard InChI is InChI=1S/C20H30N10O25P6.H3N/c21-15-9-17(25-3-23-15)29(5-27-9)19-13(33)11(31)7(49-19)1-47-56(35,36)51-58(39,40)53-60(43,44)55-61(45,46)54-59(41,42)52-57(37,38)48-2-8-12(32)14(34)20(50-8)30-6-28-10-16(22)24-4-26-18(10)30;/h3-8,11-14,19-20,31-34H,1-2H2,(H,35,36)(H,37,38)(H,39,40)(H,41,42)(H,43,44)(H,45,46)(H2,21,23,25)(H2,22,24,26);1H3/t7-,8-,11-,12-,13-,14-,19-,20-;/m1./s1. The first kappa shape index (κ1) is 50.3. The second kappa shape index (κ2) is 18.3. The molecule has 6 unspecified atom stereocenters. The summed E-state index contributed by atoms with van der Waals surface area (Å²) in [6.07, 6.45) is -9.40. The van der Waals surface area contributed by atoms with E-state index < -0.39 is 109 Å². The molecule has 2 aliphatic rings. The Morgan fingerprint density at radius 1 is 0.516 bits per heavy atom. The maximum atomic E-state index is 12.4. The van der Waals surface area contributed by atoms with Crippen LogP contribution >= 0.6 is 46.9 Å². The van der Waals surface area contributed by atoms with Gasteiger partial charge in [0.15, 0.2) is 35.4 Å². The molecule has 0 spiro atoms. The molecule has 6 heterocycles. The van der Waals surface area contributed by atoms with Gasteiger partial charge in [0.1, 0.15) is 60.3 Å². The lowest BCUT2D eigenvalue weighted by molar-refractivity contribution is -0.0503. The topological polar surface area (TPSA) is 562 Å². The zero-order valence-electron chi connectivity index (χ0n) is 30.1. The highest BCUT2D eigenvalue weighted by Gasteiger charge is 2.52. The Hall–Kier alpha value is -2.72. The fourth-order valence-corrected chi connectivity index (χ4v) is 13.2. The number of hydrogen-bond donors (Lipinski definition) is 13. The van der Waals surface area contributed by atoms with Gasteiger partial charge in [0, 0.05) is 0 Å². The molecule has 4 aromatic rings. The smallest absolute Gasteiger partial charge is 0.387 e. The minimum absolute atomic E-state index is 0. The fraction of sp³-hybridized carbons (Fsp3) is 0.500. The number of ether oxygens (including phenoxy) is 2. The molecule has 0 amide bonds. The molecule has 2 saturated heterocycles. The van der Waals surface area contributed by atoms with Crippen LogP contribution in [0.15, 0.2) is 25.3 Å². The fourth-order valence-electron chi connectivity index (χ4n) is 5.40. The average Bonchev–Trinajstić information content (AvgIpc) is 3.86. The highest BCUT2D eigenvalue weighted by atomic mass is 31.3. The van der Waals surface area contributed by atoms with Crippen LogP contribution in [0.3, 0.4) is 0 Å². The van der Waals surface area contributed by atoms with Gasteiger partial charge in [0.25, 0.3) is 0 Å². The van der Waals surface area contributed by atoms with Crippen molar-refractivity contribution in [3.8, 4) is 0 Å². The van der Waals surface area contributed by atoms with E-state index in [0.29, 0.717) is 0 Å². The summed E-state index contributed by atoms with van der Waals surface area (Å²) in [5, 5.41) is 41.8. The molecule has 42 heteroatoms. The number of nitrogens with zero attached hydrogens (tertiary/aromatic N) is 8. The average molecular weight is 1010 g/mol. The second-order valence-electron chi connectivity index (χ2n) is 12.1. The van der Waals surface area contributed by atoms with E-state index in [1.54, 1.807) is 0 Å². The Kier molecular flexibility index (Phi) is 14.8. The quantitative estimate of drug-likeness (QED) is 0.0477. The van der Waals surface area contributed by atoms with E-state index in [-0.39, 0.29) is 40.1 Å². The normalized spacial score (nSPS) is 30.1. The number of aliphatic hydroxyl groups is 4. The molecule has 36 nitrogen and oxygen atoms in total. The molecule has 0 aliphatic carbocycles. The monoisotopic (exact) mass is 1010 g/mol. The van der Waals surface area contributed by atoms with Gasteiger partial charge in [-0.05, 0) is 0 Å². The van der Waals surface area contributed by atoms with Crippen LogP contribution in [-0.4, -0.2) is 139 Å². The van der Waals surface area contributed by atoms with Gasteiger partial charge in [0.2, 0.25) is 0 Å². The largest absolute Gasteiger partial charge is 0.490 e. The third kappa shape index (κ3) is 11.6. The van der Waals surface area contributed by atoms with Gasteiger partial charge in [-0.3, -0.25) is 18.2 Å². The van der Waals surface area contributed by atoms with Crippen LogP contribution in [0.1, 0.15) is 12.5 Å². The zero-order chi connectivity index (χ0) is 45.1. The number of phosphoric ester groups is 2. The van der Waals surface area contributed by atoms with Gasteiger partial charge >= 0.3 is 46.9 Å². The molecule has 6 rings (SSSR count). The van der Waals surface area contributed by atoms with Crippen molar-refractivity contribution in [1.29, 1.82) is 0 Å². The lowest BCUT2D eigenvalue weighted by atomic mass is 10.1. The summed E-state index contributed by atoms with van der Waals surface area (Å²) >= 11 is 0. The predicted molar refractivity (Wildman–Crippen MR) is 193 cm³/mol. The van der Waals surface area contributed by atoms with Gasteiger partial charge in [0.05, 0.1) is 25.9 Å². The van der Waals surface area contributed by atoms with Crippen molar-refractivity contribution in [1.82, 2.24) is 45.2 Å². The molecule has 0 aromatic carbocycles. The van der Waals surface area contributed by atoms with E-state index in [9.17, 15) is 77.2 Å². The molecule has 348 valence electrons. The number of hydrogen-bond acceptors (Lipinski definition) is 28. The minimum Gasteiger partial charge on any atom is -0.387 e. The first-order valence-corrected chi connectivity index (χ1v) is 24.8. The van der Waals surface area contributed by atoms with Crippen LogP contribution in [0.2, 0.25) is 0 Å². The highest BCUT2D eigenvalue weighted by Crippen LogP contribution is 2.75. The predicted octanol–water partition coefficient (Wildman–Crippen LogP) is -2.05. The molecular weight excluding hydrogens is 980 g/mol. The molecule has 0 bridgehead atoms. The van der Waals surface area contributed by atoms with Crippen LogP contribution in [0.5, 0.6) is 0 Å². The Morgan fingerprint density at radius 3 is 1.15 bits per heavy atom. The molecule has 17 N–H and O–H groups in total. The SMILES string of the molecule is N.Nc1ncnc2c1ncn2[C@@H]1O[C@H](COP(=O)(O)OP(=O)(O)OP(=O)(O)OP(=O)(O)OP(=O)(O)OP(=O)(O)OC[C@H]2O[C@@H](n3cnc4c(N)ncnc43)[C@H](O)[C@@H]2O)[C@@H](O)[C@H]1O. The number of nitrogens with two attached hydrogens (primary N) is 2. The summed E-state index contributed by atoms with van der Waals surface area (Å²) in [5.41, 5.74) is 11.6. The van der Waals surface area contributed by atoms with E-state index in [4.69, 9.17) is 20.9 Å². The molecule has 0 radical (unpaired) electrons. The molecular formula is C20H33N11O25P6. The number of nitrogen functional groups attached to an aromatic ring is 2. The number of fused-ring (bicyclic) bond motifs is 2. The summed E-state index contributed by atoms with van der Waals surface area (Å²) < 4.78 is 114. The lowest BCUT2D eigenvalue weighted by Crippen LogP contribution is -2.33. The Bertz CT molecular complexity index is 2410. The first-order chi connectivity index (χ1) is 28.1. The van der Waals surface area contributed by atoms with E-state index >= 15 is 0 Å². The maximum absolute atomic E-state index is 12.4. The van der Waals surface area contributed by atoms with Crippen molar-refractivity contribution >= 4 is 80.9 Å². The molecule has 62 heavy (non-hydrogen) atoms.